The van der Waals surface area contributed by atoms with Crippen molar-refractivity contribution in [1.29, 1.82) is 0 Å². The van der Waals surface area contributed by atoms with Crippen LogP contribution in [-0.4, -0.2) is 34.1 Å². The summed E-state index contributed by atoms with van der Waals surface area (Å²) in [7, 11) is 0. The zero-order valence-corrected chi connectivity index (χ0v) is 12.2. The third-order valence-corrected chi connectivity index (χ3v) is 3.27. The van der Waals surface area contributed by atoms with Crippen molar-refractivity contribution in [2.45, 2.75) is 26.3 Å². The maximum atomic E-state index is 13.6. The summed E-state index contributed by atoms with van der Waals surface area (Å²) in [4.78, 5) is 24.4. The third-order valence-electron chi connectivity index (χ3n) is 2.95. The van der Waals surface area contributed by atoms with Gasteiger partial charge >= 0.3 is 12.0 Å². The standard InChI is InChI=1S/C13H16ClFN2O3/c1-4-17(13(2,3)11(18)19)12(20)16-10-8(14)6-5-7-9(10)15/h5-7H,4H2,1-3H3,(H,16,20)(H,18,19). The van der Waals surface area contributed by atoms with E-state index in [0.717, 1.165) is 11.0 Å². The summed E-state index contributed by atoms with van der Waals surface area (Å²) in [5, 5.41) is 11.5. The Morgan fingerprint density at radius 2 is 2.05 bits per heavy atom. The van der Waals surface area contributed by atoms with Gasteiger partial charge in [0.15, 0.2) is 0 Å². The van der Waals surface area contributed by atoms with Gasteiger partial charge in [-0.25, -0.2) is 14.0 Å². The van der Waals surface area contributed by atoms with E-state index < -0.39 is 23.4 Å². The van der Waals surface area contributed by atoms with Crippen LogP contribution >= 0.6 is 11.6 Å². The van der Waals surface area contributed by atoms with Gasteiger partial charge in [-0.15, -0.1) is 0 Å². The predicted octanol–water partition coefficient (Wildman–Crippen LogP) is 3.20. The van der Waals surface area contributed by atoms with Gasteiger partial charge in [-0.3, -0.25) is 0 Å². The van der Waals surface area contributed by atoms with Gasteiger partial charge in [0, 0.05) is 6.54 Å². The van der Waals surface area contributed by atoms with Gasteiger partial charge in [-0.2, -0.15) is 0 Å². The van der Waals surface area contributed by atoms with E-state index in [4.69, 9.17) is 16.7 Å². The first kappa shape index (κ1) is 16.2. The predicted molar refractivity (Wildman–Crippen MR) is 74.5 cm³/mol. The highest BCUT2D eigenvalue weighted by atomic mass is 35.5. The van der Waals surface area contributed by atoms with Crippen molar-refractivity contribution in [3.63, 3.8) is 0 Å². The molecule has 0 saturated heterocycles. The zero-order chi connectivity index (χ0) is 15.5. The Morgan fingerprint density at radius 3 is 2.50 bits per heavy atom. The quantitative estimate of drug-likeness (QED) is 0.897. The van der Waals surface area contributed by atoms with Crippen molar-refractivity contribution in [2.24, 2.45) is 0 Å². The molecule has 1 rings (SSSR count). The first-order valence-electron chi connectivity index (χ1n) is 5.97. The van der Waals surface area contributed by atoms with E-state index in [1.165, 1.54) is 26.0 Å². The lowest BCUT2D eigenvalue weighted by atomic mass is 10.0. The van der Waals surface area contributed by atoms with E-state index in [1.807, 2.05) is 0 Å². The summed E-state index contributed by atoms with van der Waals surface area (Å²) >= 11 is 5.81. The van der Waals surface area contributed by atoms with E-state index >= 15 is 0 Å². The first-order valence-corrected chi connectivity index (χ1v) is 6.35. The van der Waals surface area contributed by atoms with E-state index in [2.05, 4.69) is 5.32 Å². The number of hydrogen-bond donors (Lipinski definition) is 2. The molecule has 0 spiro atoms. The number of halogens is 2. The second kappa shape index (κ2) is 6.09. The average molecular weight is 303 g/mol. The molecule has 0 radical (unpaired) electrons. The highest BCUT2D eigenvalue weighted by Crippen LogP contribution is 2.26. The second-order valence-electron chi connectivity index (χ2n) is 4.64. The molecule has 0 unspecified atom stereocenters. The molecule has 0 aromatic heterocycles. The van der Waals surface area contributed by atoms with Crippen LogP contribution < -0.4 is 5.32 Å². The van der Waals surface area contributed by atoms with Crippen molar-refractivity contribution >= 4 is 29.3 Å². The number of carboxylic acid groups (broad SMARTS) is 1. The molecule has 0 aliphatic carbocycles. The number of carbonyl (C=O) groups is 2. The highest BCUT2D eigenvalue weighted by Gasteiger charge is 2.37. The van der Waals surface area contributed by atoms with Crippen molar-refractivity contribution in [2.75, 3.05) is 11.9 Å². The summed E-state index contributed by atoms with van der Waals surface area (Å²) in [6.45, 7) is 4.56. The number of aliphatic carboxylic acids is 1. The molecule has 1 aromatic carbocycles. The number of amides is 2. The van der Waals surface area contributed by atoms with Gasteiger partial charge in [0.1, 0.15) is 11.4 Å². The summed E-state index contributed by atoms with van der Waals surface area (Å²) in [5.41, 5.74) is -1.59. The number of likely N-dealkylation sites (N-methyl/N-ethyl adjacent to an activating group) is 1. The van der Waals surface area contributed by atoms with Gasteiger partial charge in [-0.1, -0.05) is 17.7 Å². The monoisotopic (exact) mass is 302 g/mol. The Labute approximate surface area is 121 Å². The number of urea groups is 1. The number of nitrogens with one attached hydrogen (secondary N) is 1. The Kier molecular flexibility index (Phi) is 4.94. The number of carboxylic acids is 1. The van der Waals surface area contributed by atoms with Crippen LogP contribution in [0.15, 0.2) is 18.2 Å². The van der Waals surface area contributed by atoms with Crippen LogP contribution in [0, 0.1) is 5.82 Å². The molecular formula is C13H16ClFN2O3. The zero-order valence-electron chi connectivity index (χ0n) is 11.4. The lowest BCUT2D eigenvalue weighted by Gasteiger charge is -2.34. The van der Waals surface area contributed by atoms with E-state index in [-0.39, 0.29) is 17.3 Å². The second-order valence-corrected chi connectivity index (χ2v) is 5.04. The molecule has 110 valence electrons. The molecule has 0 atom stereocenters. The molecule has 0 aliphatic heterocycles. The highest BCUT2D eigenvalue weighted by molar-refractivity contribution is 6.33. The van der Waals surface area contributed by atoms with Gasteiger partial charge in [0.05, 0.1) is 10.7 Å². The van der Waals surface area contributed by atoms with Crippen LogP contribution in [0.2, 0.25) is 5.02 Å². The van der Waals surface area contributed by atoms with Crippen LogP contribution in [0.25, 0.3) is 0 Å². The number of anilines is 1. The Balaban J connectivity index is 3.03. The molecule has 0 bridgehead atoms. The van der Waals surface area contributed by atoms with Crippen molar-refractivity contribution in [1.82, 2.24) is 4.90 Å². The average Bonchev–Trinajstić information content (AvgIpc) is 2.34. The minimum atomic E-state index is -1.42. The SMILES string of the molecule is CCN(C(=O)Nc1c(F)cccc1Cl)C(C)(C)C(=O)O. The fraction of sp³-hybridized carbons (Fsp3) is 0.385. The lowest BCUT2D eigenvalue weighted by molar-refractivity contribution is -0.147. The molecule has 2 N–H and O–H groups in total. The molecule has 20 heavy (non-hydrogen) atoms. The van der Waals surface area contributed by atoms with Gasteiger partial charge < -0.3 is 15.3 Å². The maximum Gasteiger partial charge on any atom is 0.329 e. The number of rotatable bonds is 4. The van der Waals surface area contributed by atoms with Gasteiger partial charge in [-0.05, 0) is 32.9 Å². The topological polar surface area (TPSA) is 69.6 Å². The summed E-state index contributed by atoms with van der Waals surface area (Å²) in [5.74, 6) is -1.84. The van der Waals surface area contributed by atoms with Crippen molar-refractivity contribution < 1.29 is 19.1 Å². The third kappa shape index (κ3) is 3.19. The fourth-order valence-electron chi connectivity index (χ4n) is 1.70. The van der Waals surface area contributed by atoms with E-state index in [1.54, 1.807) is 6.92 Å². The number of carbonyl (C=O) groups excluding carboxylic acids is 1. The van der Waals surface area contributed by atoms with Crippen LogP contribution in [0.3, 0.4) is 0 Å². The lowest BCUT2D eigenvalue weighted by Crippen LogP contribution is -2.54. The molecule has 2 amide bonds. The molecule has 5 nitrogen and oxygen atoms in total. The fourth-order valence-corrected chi connectivity index (χ4v) is 1.91. The van der Waals surface area contributed by atoms with Crippen LogP contribution in [0.5, 0.6) is 0 Å². The molecule has 7 heteroatoms. The van der Waals surface area contributed by atoms with Crippen LogP contribution in [0.4, 0.5) is 14.9 Å². The minimum Gasteiger partial charge on any atom is -0.480 e. The van der Waals surface area contributed by atoms with Crippen molar-refractivity contribution in [3.8, 4) is 0 Å². The number of hydrogen-bond acceptors (Lipinski definition) is 2. The number of nitrogens with zero attached hydrogens (tertiary/aromatic N) is 1. The summed E-state index contributed by atoms with van der Waals surface area (Å²) < 4.78 is 13.6. The minimum absolute atomic E-state index is 0.0440. The van der Waals surface area contributed by atoms with Crippen LogP contribution in [-0.2, 0) is 4.79 Å². The first-order chi connectivity index (χ1) is 9.21. The molecule has 0 fully saturated rings. The van der Waals surface area contributed by atoms with E-state index in [9.17, 15) is 14.0 Å². The van der Waals surface area contributed by atoms with E-state index in [0.29, 0.717) is 0 Å². The summed E-state index contributed by atoms with van der Waals surface area (Å²) in [6, 6.07) is 3.26. The Hall–Kier alpha value is -1.82. The van der Waals surface area contributed by atoms with Gasteiger partial charge in [0.2, 0.25) is 0 Å². The largest absolute Gasteiger partial charge is 0.480 e. The van der Waals surface area contributed by atoms with Crippen LogP contribution in [0.1, 0.15) is 20.8 Å². The smallest absolute Gasteiger partial charge is 0.329 e. The Bertz CT molecular complexity index is 514. The van der Waals surface area contributed by atoms with Crippen molar-refractivity contribution in [3.05, 3.63) is 29.0 Å². The molecule has 1 aromatic rings. The number of para-hydroxylation sites is 1. The molecule has 0 heterocycles. The maximum absolute atomic E-state index is 13.6. The summed E-state index contributed by atoms with van der Waals surface area (Å²) in [6.07, 6.45) is 0. The number of benzene rings is 1. The Morgan fingerprint density at radius 1 is 1.45 bits per heavy atom. The normalized spacial score (nSPS) is 11.1. The van der Waals surface area contributed by atoms with Gasteiger partial charge in [0.25, 0.3) is 0 Å². The molecular weight excluding hydrogens is 287 g/mol. The molecule has 0 aliphatic rings. The molecule has 0 saturated carbocycles.